The summed E-state index contributed by atoms with van der Waals surface area (Å²) in [5.74, 6) is 1.09. The third kappa shape index (κ3) is 4.46. The number of amides is 1. The monoisotopic (exact) mass is 456 g/mol. The summed E-state index contributed by atoms with van der Waals surface area (Å²) >= 11 is 3.54. The van der Waals surface area contributed by atoms with Crippen LogP contribution in [0.1, 0.15) is 33.3 Å². The molecule has 1 fully saturated rings. The largest absolute Gasteiger partial charge is 0.454 e. The van der Waals surface area contributed by atoms with E-state index < -0.39 is 0 Å². The fourth-order valence-corrected chi connectivity index (χ4v) is 3.94. The van der Waals surface area contributed by atoms with Gasteiger partial charge in [-0.05, 0) is 47.5 Å². The number of furan rings is 1. The van der Waals surface area contributed by atoms with Gasteiger partial charge in [-0.15, -0.1) is 0 Å². The average molecular weight is 457 g/mol. The van der Waals surface area contributed by atoms with Crippen LogP contribution < -0.4 is 0 Å². The standard InChI is InChI=1S/C22H25BrN4O2/c1-16-21(23)17(2)27(24-16)15-19-8-9-20(29-19)22(28)26-12-10-25(11-13-26)14-18-6-4-3-5-7-18/h3-9H,10-15H2,1-2H3. The molecule has 2 aromatic heterocycles. The highest BCUT2D eigenvalue weighted by Crippen LogP contribution is 2.21. The van der Waals surface area contributed by atoms with Gasteiger partial charge >= 0.3 is 0 Å². The van der Waals surface area contributed by atoms with Crippen LogP contribution in [0.3, 0.4) is 0 Å². The molecule has 3 aromatic rings. The first-order valence-corrected chi connectivity index (χ1v) is 10.6. The van der Waals surface area contributed by atoms with Gasteiger partial charge in [-0.3, -0.25) is 14.4 Å². The Labute approximate surface area is 179 Å². The van der Waals surface area contributed by atoms with E-state index in [1.165, 1.54) is 5.56 Å². The van der Waals surface area contributed by atoms with Crippen LogP contribution in [-0.2, 0) is 13.1 Å². The number of aryl methyl sites for hydroxylation is 1. The summed E-state index contributed by atoms with van der Waals surface area (Å²) in [6.07, 6.45) is 0. The number of rotatable bonds is 5. The molecule has 1 saturated heterocycles. The van der Waals surface area contributed by atoms with Gasteiger partial charge < -0.3 is 9.32 Å². The summed E-state index contributed by atoms with van der Waals surface area (Å²) in [5.41, 5.74) is 3.29. The number of aromatic nitrogens is 2. The topological polar surface area (TPSA) is 54.5 Å². The lowest BCUT2D eigenvalue weighted by Crippen LogP contribution is -2.48. The number of carbonyl (C=O) groups excluding carboxylic acids is 1. The van der Waals surface area contributed by atoms with E-state index in [4.69, 9.17) is 4.42 Å². The molecule has 0 saturated carbocycles. The second-order valence-corrected chi connectivity index (χ2v) is 8.26. The quantitative estimate of drug-likeness (QED) is 0.584. The minimum atomic E-state index is -0.0369. The second kappa shape index (κ2) is 8.55. The van der Waals surface area contributed by atoms with E-state index in [1.54, 1.807) is 6.07 Å². The molecular weight excluding hydrogens is 432 g/mol. The van der Waals surface area contributed by atoms with Crippen molar-refractivity contribution in [3.8, 4) is 0 Å². The average Bonchev–Trinajstić information content (AvgIpc) is 3.30. The molecule has 0 unspecified atom stereocenters. The lowest BCUT2D eigenvalue weighted by Gasteiger charge is -2.34. The highest BCUT2D eigenvalue weighted by Gasteiger charge is 2.24. The van der Waals surface area contributed by atoms with Crippen LogP contribution in [0, 0.1) is 13.8 Å². The van der Waals surface area contributed by atoms with E-state index in [0.717, 1.165) is 41.3 Å². The minimum Gasteiger partial charge on any atom is -0.454 e. The van der Waals surface area contributed by atoms with Crippen LogP contribution in [0.25, 0.3) is 0 Å². The number of hydrogen-bond donors (Lipinski definition) is 0. The predicted molar refractivity (Wildman–Crippen MR) is 115 cm³/mol. The highest BCUT2D eigenvalue weighted by molar-refractivity contribution is 9.10. The molecule has 1 aromatic carbocycles. The molecule has 0 radical (unpaired) electrons. The molecule has 7 heteroatoms. The summed E-state index contributed by atoms with van der Waals surface area (Å²) in [6.45, 7) is 8.57. The Morgan fingerprint density at radius 2 is 1.76 bits per heavy atom. The molecule has 1 aliphatic rings. The van der Waals surface area contributed by atoms with Crippen molar-refractivity contribution in [1.82, 2.24) is 19.6 Å². The molecular formula is C22H25BrN4O2. The predicted octanol–water partition coefficient (Wildman–Crippen LogP) is 3.86. The van der Waals surface area contributed by atoms with Gasteiger partial charge in [0.1, 0.15) is 5.76 Å². The maximum atomic E-state index is 12.8. The van der Waals surface area contributed by atoms with E-state index in [9.17, 15) is 4.79 Å². The van der Waals surface area contributed by atoms with Crippen molar-refractivity contribution >= 4 is 21.8 Å². The molecule has 1 aliphatic heterocycles. The summed E-state index contributed by atoms with van der Waals surface area (Å²) < 4.78 is 8.74. The molecule has 29 heavy (non-hydrogen) atoms. The van der Waals surface area contributed by atoms with Crippen molar-refractivity contribution in [3.05, 3.63) is 75.4 Å². The molecule has 0 atom stereocenters. The number of benzene rings is 1. The van der Waals surface area contributed by atoms with Gasteiger partial charge in [0, 0.05) is 32.7 Å². The molecule has 0 N–H and O–H groups in total. The number of hydrogen-bond acceptors (Lipinski definition) is 4. The molecule has 6 nitrogen and oxygen atoms in total. The van der Waals surface area contributed by atoms with Crippen molar-refractivity contribution in [2.45, 2.75) is 26.9 Å². The van der Waals surface area contributed by atoms with Crippen LogP contribution in [-0.4, -0.2) is 51.7 Å². The minimum absolute atomic E-state index is 0.0369. The van der Waals surface area contributed by atoms with Gasteiger partial charge in [-0.25, -0.2) is 0 Å². The summed E-state index contributed by atoms with van der Waals surface area (Å²) in [4.78, 5) is 17.1. The van der Waals surface area contributed by atoms with Gasteiger partial charge in [0.25, 0.3) is 5.91 Å². The van der Waals surface area contributed by atoms with Gasteiger partial charge in [-0.1, -0.05) is 30.3 Å². The van der Waals surface area contributed by atoms with Crippen LogP contribution >= 0.6 is 15.9 Å². The van der Waals surface area contributed by atoms with Crippen molar-refractivity contribution in [3.63, 3.8) is 0 Å². The number of nitrogens with zero attached hydrogens (tertiary/aromatic N) is 4. The third-order valence-corrected chi connectivity index (χ3v) is 6.53. The fourth-order valence-electron chi connectivity index (χ4n) is 3.66. The molecule has 3 heterocycles. The zero-order valence-corrected chi connectivity index (χ0v) is 18.4. The number of piperazine rings is 1. The SMILES string of the molecule is Cc1nn(Cc2ccc(C(=O)N3CCN(Cc4ccccc4)CC3)o2)c(C)c1Br. The fraction of sp³-hybridized carbons (Fsp3) is 0.364. The van der Waals surface area contributed by atoms with Gasteiger partial charge in [0.15, 0.2) is 5.76 Å². The van der Waals surface area contributed by atoms with Crippen molar-refractivity contribution < 1.29 is 9.21 Å². The normalized spacial score (nSPS) is 15.1. The van der Waals surface area contributed by atoms with Crippen LogP contribution in [0.15, 0.2) is 51.4 Å². The highest BCUT2D eigenvalue weighted by atomic mass is 79.9. The maximum absolute atomic E-state index is 12.8. The van der Waals surface area contributed by atoms with Gasteiger partial charge in [-0.2, -0.15) is 5.10 Å². The molecule has 152 valence electrons. The Hall–Kier alpha value is -2.38. The zero-order valence-electron chi connectivity index (χ0n) is 16.8. The van der Waals surface area contributed by atoms with Crippen molar-refractivity contribution in [1.29, 1.82) is 0 Å². The summed E-state index contributed by atoms with van der Waals surface area (Å²) in [7, 11) is 0. The first-order valence-electron chi connectivity index (χ1n) is 9.85. The Balaban J connectivity index is 1.34. The van der Waals surface area contributed by atoms with Gasteiger partial charge in [0.05, 0.1) is 22.4 Å². The molecule has 1 amide bonds. The Kier molecular flexibility index (Phi) is 5.87. The first-order chi connectivity index (χ1) is 14.0. The van der Waals surface area contributed by atoms with E-state index in [1.807, 2.05) is 35.6 Å². The Bertz CT molecular complexity index is 988. The molecule has 0 spiro atoms. The van der Waals surface area contributed by atoms with Crippen LogP contribution in [0.5, 0.6) is 0 Å². The first kappa shape index (κ1) is 19.9. The maximum Gasteiger partial charge on any atom is 0.289 e. The Morgan fingerprint density at radius 1 is 1.03 bits per heavy atom. The van der Waals surface area contributed by atoms with E-state index in [-0.39, 0.29) is 5.91 Å². The van der Waals surface area contributed by atoms with Crippen molar-refractivity contribution in [2.24, 2.45) is 0 Å². The lowest BCUT2D eigenvalue weighted by molar-refractivity contribution is 0.0596. The van der Waals surface area contributed by atoms with E-state index >= 15 is 0 Å². The van der Waals surface area contributed by atoms with E-state index in [0.29, 0.717) is 25.4 Å². The number of halogens is 1. The number of carbonyl (C=O) groups is 1. The molecule has 0 bridgehead atoms. The smallest absolute Gasteiger partial charge is 0.289 e. The molecule has 0 aliphatic carbocycles. The zero-order chi connectivity index (χ0) is 20.4. The van der Waals surface area contributed by atoms with E-state index in [2.05, 4.69) is 50.2 Å². The molecule has 4 rings (SSSR count). The Morgan fingerprint density at radius 3 is 2.41 bits per heavy atom. The third-order valence-electron chi connectivity index (χ3n) is 5.38. The van der Waals surface area contributed by atoms with Crippen LogP contribution in [0.2, 0.25) is 0 Å². The second-order valence-electron chi connectivity index (χ2n) is 7.46. The lowest BCUT2D eigenvalue weighted by atomic mass is 10.2. The van der Waals surface area contributed by atoms with Crippen LogP contribution in [0.4, 0.5) is 0 Å². The van der Waals surface area contributed by atoms with Gasteiger partial charge in [0.2, 0.25) is 0 Å². The van der Waals surface area contributed by atoms with Crippen molar-refractivity contribution in [2.75, 3.05) is 26.2 Å². The summed E-state index contributed by atoms with van der Waals surface area (Å²) in [5, 5.41) is 4.50. The summed E-state index contributed by atoms with van der Waals surface area (Å²) in [6, 6.07) is 14.1.